The van der Waals surface area contributed by atoms with E-state index in [1.54, 1.807) is 18.2 Å². The fourth-order valence-corrected chi connectivity index (χ4v) is 4.01. The predicted molar refractivity (Wildman–Crippen MR) is 129 cm³/mol. The van der Waals surface area contributed by atoms with Crippen LogP contribution in [-0.2, 0) is 22.6 Å². The zero-order valence-electron chi connectivity index (χ0n) is 17.9. The molecule has 0 aromatic heterocycles. The molecule has 0 aliphatic carbocycles. The largest absolute Gasteiger partial charge is 0.483 e. The van der Waals surface area contributed by atoms with Crippen LogP contribution >= 0.6 is 39.1 Å². The minimum atomic E-state index is -0.628. The van der Waals surface area contributed by atoms with Crippen LogP contribution in [0.4, 0.5) is 0 Å². The van der Waals surface area contributed by atoms with Crippen LogP contribution in [-0.4, -0.2) is 35.9 Å². The first kappa shape index (κ1) is 25.5. The van der Waals surface area contributed by atoms with Gasteiger partial charge < -0.3 is 15.0 Å². The highest BCUT2D eigenvalue weighted by atomic mass is 79.9. The molecule has 8 heteroatoms. The molecule has 2 aromatic rings. The molecule has 0 radical (unpaired) electrons. The average molecular weight is 530 g/mol. The van der Waals surface area contributed by atoms with Crippen LogP contribution in [0, 0.1) is 0 Å². The second kappa shape index (κ2) is 12.3. The summed E-state index contributed by atoms with van der Waals surface area (Å²) < 4.78 is 6.56. The third-order valence-electron chi connectivity index (χ3n) is 4.83. The molecule has 0 fully saturated rings. The molecule has 1 N–H and O–H groups in total. The van der Waals surface area contributed by atoms with Crippen LogP contribution in [0.3, 0.4) is 0 Å². The fourth-order valence-electron chi connectivity index (χ4n) is 3.15. The number of likely N-dealkylation sites (N-methyl/N-ethyl adjacent to an activating group) is 1. The predicted octanol–water partition coefficient (Wildman–Crippen LogP) is 5.64. The van der Waals surface area contributed by atoms with Crippen LogP contribution in [0.5, 0.6) is 5.75 Å². The van der Waals surface area contributed by atoms with E-state index in [1.165, 1.54) is 4.90 Å². The number of halogens is 3. The van der Waals surface area contributed by atoms with Crippen LogP contribution < -0.4 is 10.1 Å². The number of aryl methyl sites for hydroxylation is 1. The van der Waals surface area contributed by atoms with E-state index in [9.17, 15) is 9.59 Å². The van der Waals surface area contributed by atoms with Gasteiger partial charge in [0.05, 0.1) is 14.5 Å². The normalized spacial score (nSPS) is 11.7. The highest BCUT2D eigenvalue weighted by Crippen LogP contribution is 2.27. The Kier molecular flexibility index (Phi) is 10.1. The number of nitrogens with one attached hydrogen (secondary N) is 1. The zero-order valence-corrected chi connectivity index (χ0v) is 21.0. The minimum Gasteiger partial charge on any atom is -0.483 e. The number of rotatable bonds is 10. The first-order valence-electron chi connectivity index (χ1n) is 10.2. The Hall–Kier alpha value is -1.76. The second-order valence-corrected chi connectivity index (χ2v) is 8.66. The highest BCUT2D eigenvalue weighted by molar-refractivity contribution is 9.10. The molecular weight excluding hydrogens is 503 g/mol. The number of hydrogen-bond acceptors (Lipinski definition) is 3. The summed E-state index contributed by atoms with van der Waals surface area (Å²) in [6.45, 7) is 6.29. The quantitative estimate of drug-likeness (QED) is 0.433. The molecule has 0 aliphatic rings. The minimum absolute atomic E-state index is 0.193. The van der Waals surface area contributed by atoms with Crippen LogP contribution in [0.25, 0.3) is 0 Å². The lowest BCUT2D eigenvalue weighted by atomic mass is 10.1. The number of benzene rings is 2. The van der Waals surface area contributed by atoms with Crippen molar-refractivity contribution in [3.63, 3.8) is 0 Å². The SMILES string of the molecule is CCNC(=O)C(CC)N(Cc1ccc(Cl)c(Cl)c1)C(=O)COc1ccc(CC)cc1Br. The molecule has 31 heavy (non-hydrogen) atoms. The molecule has 0 bridgehead atoms. The van der Waals surface area contributed by atoms with Gasteiger partial charge in [-0.25, -0.2) is 0 Å². The van der Waals surface area contributed by atoms with Crippen molar-refractivity contribution in [2.24, 2.45) is 0 Å². The van der Waals surface area contributed by atoms with Crippen molar-refractivity contribution in [2.45, 2.75) is 46.2 Å². The third kappa shape index (κ3) is 7.13. The lowest BCUT2D eigenvalue weighted by molar-refractivity contribution is -0.142. The smallest absolute Gasteiger partial charge is 0.261 e. The van der Waals surface area contributed by atoms with Gasteiger partial charge in [0, 0.05) is 13.1 Å². The molecule has 0 saturated heterocycles. The number of carbonyl (C=O) groups excluding carboxylic acids is 2. The Bertz CT molecular complexity index is 924. The fraction of sp³-hybridized carbons (Fsp3) is 0.391. The number of carbonyl (C=O) groups is 2. The maximum atomic E-state index is 13.2. The first-order chi connectivity index (χ1) is 14.8. The summed E-state index contributed by atoms with van der Waals surface area (Å²) >= 11 is 15.6. The molecule has 1 atom stereocenters. The summed E-state index contributed by atoms with van der Waals surface area (Å²) in [5.74, 6) is 0.0774. The van der Waals surface area contributed by atoms with Gasteiger partial charge in [-0.2, -0.15) is 0 Å². The van der Waals surface area contributed by atoms with Gasteiger partial charge in [0.15, 0.2) is 6.61 Å². The molecule has 5 nitrogen and oxygen atoms in total. The second-order valence-electron chi connectivity index (χ2n) is 7.00. The molecule has 1 unspecified atom stereocenters. The first-order valence-corrected chi connectivity index (χ1v) is 11.8. The number of nitrogens with zero attached hydrogens (tertiary/aromatic N) is 1. The van der Waals surface area contributed by atoms with E-state index in [0.29, 0.717) is 28.8 Å². The standard InChI is InChI=1S/C23H27BrCl2N2O3/c1-4-15-8-10-21(17(24)11-15)31-14-22(29)28(20(5-2)23(30)27-6-3)13-16-7-9-18(25)19(26)12-16/h7-12,20H,4-6,13-14H2,1-3H3,(H,27,30). The van der Waals surface area contributed by atoms with Gasteiger partial charge in [-0.3, -0.25) is 9.59 Å². The van der Waals surface area contributed by atoms with E-state index in [2.05, 4.69) is 28.2 Å². The number of ether oxygens (including phenoxy) is 1. The molecule has 0 saturated carbocycles. The van der Waals surface area contributed by atoms with Gasteiger partial charge in [-0.1, -0.05) is 49.2 Å². The molecule has 0 aliphatic heterocycles. The number of hydrogen-bond donors (Lipinski definition) is 1. The van der Waals surface area contributed by atoms with Crippen molar-refractivity contribution < 1.29 is 14.3 Å². The maximum Gasteiger partial charge on any atom is 0.261 e. The van der Waals surface area contributed by atoms with Gasteiger partial charge in [-0.15, -0.1) is 0 Å². The topological polar surface area (TPSA) is 58.6 Å². The van der Waals surface area contributed by atoms with E-state index in [-0.39, 0.29) is 25.0 Å². The molecule has 2 amide bonds. The van der Waals surface area contributed by atoms with Crippen LogP contribution in [0.2, 0.25) is 10.0 Å². The van der Waals surface area contributed by atoms with E-state index in [0.717, 1.165) is 22.0 Å². The summed E-state index contributed by atoms with van der Waals surface area (Å²) in [7, 11) is 0. The van der Waals surface area contributed by atoms with E-state index >= 15 is 0 Å². The molecular formula is C23H27BrCl2N2O3. The van der Waals surface area contributed by atoms with Crippen molar-refractivity contribution >= 4 is 50.9 Å². The zero-order chi connectivity index (χ0) is 23.0. The van der Waals surface area contributed by atoms with Gasteiger partial charge in [0.2, 0.25) is 5.91 Å². The molecule has 0 spiro atoms. The lowest BCUT2D eigenvalue weighted by Crippen LogP contribution is -2.50. The van der Waals surface area contributed by atoms with Crippen molar-refractivity contribution in [1.29, 1.82) is 0 Å². The van der Waals surface area contributed by atoms with Crippen molar-refractivity contribution in [3.8, 4) is 5.75 Å². The summed E-state index contributed by atoms with van der Waals surface area (Å²) in [4.78, 5) is 27.3. The monoisotopic (exact) mass is 528 g/mol. The van der Waals surface area contributed by atoms with E-state index in [1.807, 2.05) is 32.0 Å². The van der Waals surface area contributed by atoms with E-state index < -0.39 is 6.04 Å². The van der Waals surface area contributed by atoms with Crippen LogP contribution in [0.15, 0.2) is 40.9 Å². The highest BCUT2D eigenvalue weighted by Gasteiger charge is 2.29. The summed E-state index contributed by atoms with van der Waals surface area (Å²) in [5, 5.41) is 3.64. The Morgan fingerprint density at radius 1 is 1.06 bits per heavy atom. The summed E-state index contributed by atoms with van der Waals surface area (Å²) in [6, 6.07) is 10.3. The van der Waals surface area contributed by atoms with Crippen molar-refractivity contribution in [3.05, 3.63) is 62.0 Å². The Morgan fingerprint density at radius 3 is 2.35 bits per heavy atom. The summed E-state index contributed by atoms with van der Waals surface area (Å²) in [6.07, 6.45) is 1.37. The molecule has 2 aromatic carbocycles. The lowest BCUT2D eigenvalue weighted by Gasteiger charge is -2.30. The average Bonchev–Trinajstić information content (AvgIpc) is 2.75. The van der Waals surface area contributed by atoms with Gasteiger partial charge in [0.25, 0.3) is 5.91 Å². The van der Waals surface area contributed by atoms with E-state index in [4.69, 9.17) is 27.9 Å². The number of amides is 2. The van der Waals surface area contributed by atoms with Crippen molar-refractivity contribution in [1.82, 2.24) is 10.2 Å². The maximum absolute atomic E-state index is 13.2. The van der Waals surface area contributed by atoms with Gasteiger partial charge in [0.1, 0.15) is 11.8 Å². The third-order valence-corrected chi connectivity index (χ3v) is 6.19. The van der Waals surface area contributed by atoms with Crippen molar-refractivity contribution in [2.75, 3.05) is 13.2 Å². The Labute approximate surface area is 202 Å². The van der Waals surface area contributed by atoms with Gasteiger partial charge >= 0.3 is 0 Å². The summed E-state index contributed by atoms with van der Waals surface area (Å²) in [5.41, 5.74) is 1.94. The Balaban J connectivity index is 2.24. The Morgan fingerprint density at radius 2 is 1.77 bits per heavy atom. The van der Waals surface area contributed by atoms with Gasteiger partial charge in [-0.05, 0) is 71.1 Å². The molecule has 2 rings (SSSR count). The van der Waals surface area contributed by atoms with Crippen LogP contribution in [0.1, 0.15) is 38.3 Å². The molecule has 0 heterocycles. The molecule has 168 valence electrons.